The number of hydrogen-bond acceptors (Lipinski definition) is 4. The summed E-state index contributed by atoms with van der Waals surface area (Å²) in [5.74, 6) is -0.289. The predicted octanol–water partition coefficient (Wildman–Crippen LogP) is 3.84. The third-order valence-corrected chi connectivity index (χ3v) is 4.71. The molecule has 0 bridgehead atoms. The lowest BCUT2D eigenvalue weighted by Gasteiger charge is -2.20. The molecule has 0 radical (unpaired) electrons. The van der Waals surface area contributed by atoms with Crippen molar-refractivity contribution in [1.29, 1.82) is 0 Å². The van der Waals surface area contributed by atoms with Gasteiger partial charge in [-0.2, -0.15) is 13.2 Å². The number of ether oxygens (including phenoxy) is 1. The van der Waals surface area contributed by atoms with E-state index in [0.717, 1.165) is 11.6 Å². The van der Waals surface area contributed by atoms with Crippen molar-refractivity contribution in [3.63, 3.8) is 0 Å². The SMILES string of the molecule is NC1(C(=O)NCc2ccc(Nc3ccc(Cl)cc3C(F)(F)F)cc2)CCOC1. The zero-order chi connectivity index (χ0) is 20.4. The Kier molecular flexibility index (Phi) is 5.83. The molecule has 1 saturated heterocycles. The van der Waals surface area contributed by atoms with Crippen molar-refractivity contribution in [3.8, 4) is 0 Å². The fraction of sp³-hybridized carbons (Fsp3) is 0.316. The van der Waals surface area contributed by atoms with Gasteiger partial charge in [0.25, 0.3) is 0 Å². The summed E-state index contributed by atoms with van der Waals surface area (Å²) in [5.41, 5.74) is 5.30. The summed E-state index contributed by atoms with van der Waals surface area (Å²) < 4.78 is 44.7. The topological polar surface area (TPSA) is 76.4 Å². The van der Waals surface area contributed by atoms with Gasteiger partial charge in [-0.15, -0.1) is 0 Å². The van der Waals surface area contributed by atoms with E-state index in [1.54, 1.807) is 24.3 Å². The first-order valence-corrected chi connectivity index (χ1v) is 8.93. The van der Waals surface area contributed by atoms with E-state index in [4.69, 9.17) is 22.1 Å². The number of amides is 1. The fourth-order valence-corrected chi connectivity index (χ4v) is 3.01. The van der Waals surface area contributed by atoms with Crippen LogP contribution in [-0.2, 0) is 22.3 Å². The van der Waals surface area contributed by atoms with Crippen LogP contribution in [0.15, 0.2) is 42.5 Å². The average Bonchev–Trinajstić information content (AvgIpc) is 3.09. The molecule has 1 aliphatic rings. The van der Waals surface area contributed by atoms with Crippen molar-refractivity contribution in [2.24, 2.45) is 5.73 Å². The highest BCUT2D eigenvalue weighted by Crippen LogP contribution is 2.37. The first kappa shape index (κ1) is 20.4. The summed E-state index contributed by atoms with van der Waals surface area (Å²) in [7, 11) is 0. The molecule has 0 spiro atoms. The summed E-state index contributed by atoms with van der Waals surface area (Å²) in [6.07, 6.45) is -4.07. The van der Waals surface area contributed by atoms with E-state index < -0.39 is 17.3 Å². The van der Waals surface area contributed by atoms with Crippen molar-refractivity contribution in [2.75, 3.05) is 18.5 Å². The third-order valence-electron chi connectivity index (χ3n) is 4.48. The lowest BCUT2D eigenvalue weighted by atomic mass is 9.99. The maximum absolute atomic E-state index is 13.2. The number of nitrogens with two attached hydrogens (primary N) is 1. The Morgan fingerprint density at radius 3 is 2.54 bits per heavy atom. The van der Waals surface area contributed by atoms with Crippen molar-refractivity contribution < 1.29 is 22.7 Å². The van der Waals surface area contributed by atoms with Crippen LogP contribution in [0.4, 0.5) is 24.5 Å². The first-order chi connectivity index (χ1) is 13.2. The molecule has 1 heterocycles. The van der Waals surface area contributed by atoms with Crippen LogP contribution in [0.1, 0.15) is 17.5 Å². The number of hydrogen-bond donors (Lipinski definition) is 3. The quantitative estimate of drug-likeness (QED) is 0.696. The summed E-state index contributed by atoms with van der Waals surface area (Å²) in [6.45, 7) is 0.895. The monoisotopic (exact) mass is 413 g/mol. The normalized spacial score (nSPS) is 19.5. The van der Waals surface area contributed by atoms with E-state index in [-0.39, 0.29) is 29.8 Å². The number of rotatable bonds is 5. The van der Waals surface area contributed by atoms with E-state index in [9.17, 15) is 18.0 Å². The maximum Gasteiger partial charge on any atom is 0.418 e. The van der Waals surface area contributed by atoms with Gasteiger partial charge in [-0.05, 0) is 42.3 Å². The highest BCUT2D eigenvalue weighted by atomic mass is 35.5. The highest BCUT2D eigenvalue weighted by Gasteiger charge is 2.38. The van der Waals surface area contributed by atoms with E-state index in [0.29, 0.717) is 18.7 Å². The molecule has 1 atom stereocenters. The molecule has 0 aromatic heterocycles. The fourth-order valence-electron chi connectivity index (χ4n) is 2.84. The van der Waals surface area contributed by atoms with Crippen LogP contribution in [0.2, 0.25) is 5.02 Å². The molecular formula is C19H19ClF3N3O2. The molecule has 150 valence electrons. The minimum Gasteiger partial charge on any atom is -0.379 e. The van der Waals surface area contributed by atoms with E-state index >= 15 is 0 Å². The average molecular weight is 414 g/mol. The molecule has 3 rings (SSSR count). The molecule has 2 aromatic rings. The van der Waals surface area contributed by atoms with Gasteiger partial charge in [-0.3, -0.25) is 4.79 Å². The van der Waals surface area contributed by atoms with Crippen LogP contribution < -0.4 is 16.4 Å². The van der Waals surface area contributed by atoms with Gasteiger partial charge < -0.3 is 21.1 Å². The molecule has 1 unspecified atom stereocenters. The first-order valence-electron chi connectivity index (χ1n) is 8.55. The molecule has 0 saturated carbocycles. The van der Waals surface area contributed by atoms with Crippen LogP contribution in [0, 0.1) is 0 Å². The van der Waals surface area contributed by atoms with Crippen LogP contribution in [0.25, 0.3) is 0 Å². The zero-order valence-corrected chi connectivity index (χ0v) is 15.5. The van der Waals surface area contributed by atoms with Gasteiger partial charge in [0.05, 0.1) is 17.9 Å². The molecule has 2 aromatic carbocycles. The van der Waals surface area contributed by atoms with Gasteiger partial charge in [0.1, 0.15) is 5.54 Å². The van der Waals surface area contributed by atoms with Crippen molar-refractivity contribution in [2.45, 2.75) is 24.7 Å². The second-order valence-electron chi connectivity index (χ2n) is 6.65. The molecule has 1 amide bonds. The Hall–Kier alpha value is -2.29. The summed E-state index contributed by atoms with van der Waals surface area (Å²) in [5, 5.41) is 5.51. The molecule has 9 heteroatoms. The van der Waals surface area contributed by atoms with Gasteiger partial charge in [0, 0.05) is 23.9 Å². The van der Waals surface area contributed by atoms with Crippen molar-refractivity contribution >= 4 is 28.9 Å². The van der Waals surface area contributed by atoms with E-state index in [1.165, 1.54) is 12.1 Å². The van der Waals surface area contributed by atoms with E-state index in [1.807, 2.05) is 0 Å². The number of anilines is 2. The van der Waals surface area contributed by atoms with Crippen LogP contribution in [-0.4, -0.2) is 24.7 Å². The van der Waals surface area contributed by atoms with Crippen LogP contribution in [0.3, 0.4) is 0 Å². The van der Waals surface area contributed by atoms with Gasteiger partial charge >= 0.3 is 6.18 Å². The summed E-state index contributed by atoms with van der Waals surface area (Å²) in [6, 6.07) is 10.2. The number of carbonyl (C=O) groups is 1. The maximum atomic E-state index is 13.2. The predicted molar refractivity (Wildman–Crippen MR) is 100 cm³/mol. The number of benzene rings is 2. The van der Waals surface area contributed by atoms with Gasteiger partial charge in [0.2, 0.25) is 5.91 Å². The summed E-state index contributed by atoms with van der Waals surface area (Å²) in [4.78, 5) is 12.2. The second-order valence-corrected chi connectivity index (χ2v) is 7.09. The number of nitrogens with one attached hydrogen (secondary N) is 2. The van der Waals surface area contributed by atoms with Gasteiger partial charge in [-0.25, -0.2) is 0 Å². The Bertz CT molecular complexity index is 850. The summed E-state index contributed by atoms with van der Waals surface area (Å²) >= 11 is 5.68. The Labute approximate surface area is 165 Å². The molecule has 1 fully saturated rings. The minimum absolute atomic E-state index is 0.00861. The minimum atomic E-state index is -4.53. The van der Waals surface area contributed by atoms with Gasteiger partial charge in [-0.1, -0.05) is 23.7 Å². The van der Waals surface area contributed by atoms with Crippen LogP contribution in [0.5, 0.6) is 0 Å². The largest absolute Gasteiger partial charge is 0.418 e. The lowest BCUT2D eigenvalue weighted by molar-refractivity contribution is -0.137. The van der Waals surface area contributed by atoms with Crippen LogP contribution >= 0.6 is 11.6 Å². The standard InChI is InChI=1S/C19H19ClF3N3O2/c20-13-3-6-16(15(9-13)19(21,22)23)26-14-4-1-12(2-5-14)10-25-17(27)18(24)7-8-28-11-18/h1-6,9,26H,7-8,10-11,24H2,(H,25,27). The molecular weight excluding hydrogens is 395 g/mol. The Morgan fingerprint density at radius 2 is 1.93 bits per heavy atom. The second kappa shape index (κ2) is 7.98. The lowest BCUT2D eigenvalue weighted by Crippen LogP contribution is -2.54. The third kappa shape index (κ3) is 4.76. The molecule has 0 aliphatic carbocycles. The number of alkyl halides is 3. The zero-order valence-electron chi connectivity index (χ0n) is 14.8. The van der Waals surface area contributed by atoms with Crippen molar-refractivity contribution in [3.05, 3.63) is 58.6 Å². The Balaban J connectivity index is 1.65. The number of carbonyl (C=O) groups excluding carboxylic acids is 1. The number of halogens is 4. The van der Waals surface area contributed by atoms with E-state index in [2.05, 4.69) is 10.6 Å². The highest BCUT2D eigenvalue weighted by molar-refractivity contribution is 6.30. The Morgan fingerprint density at radius 1 is 1.21 bits per heavy atom. The molecule has 1 aliphatic heterocycles. The molecule has 4 N–H and O–H groups in total. The molecule has 28 heavy (non-hydrogen) atoms. The van der Waals surface area contributed by atoms with Gasteiger partial charge in [0.15, 0.2) is 0 Å². The molecule has 5 nitrogen and oxygen atoms in total. The van der Waals surface area contributed by atoms with Crippen molar-refractivity contribution in [1.82, 2.24) is 5.32 Å². The smallest absolute Gasteiger partial charge is 0.379 e.